The van der Waals surface area contributed by atoms with Crippen LogP contribution in [0.4, 0.5) is 0 Å². The third kappa shape index (κ3) is 4.01. The molecule has 3 aromatic rings. The molecule has 0 saturated heterocycles. The summed E-state index contributed by atoms with van der Waals surface area (Å²) < 4.78 is 1.99. The van der Waals surface area contributed by atoms with Crippen LogP contribution in [-0.2, 0) is 17.8 Å². The van der Waals surface area contributed by atoms with E-state index in [4.69, 9.17) is 0 Å². The predicted molar refractivity (Wildman–Crippen MR) is 94.3 cm³/mol. The van der Waals surface area contributed by atoms with Gasteiger partial charge in [0.1, 0.15) is 6.54 Å². The predicted octanol–water partition coefficient (Wildman–Crippen LogP) is 3.78. The molecule has 118 valence electrons. The Morgan fingerprint density at radius 2 is 1.78 bits per heavy atom. The molecule has 1 atom stereocenters. The van der Waals surface area contributed by atoms with Gasteiger partial charge in [-0.3, -0.25) is 4.79 Å². The fourth-order valence-electron chi connectivity index (χ4n) is 2.85. The number of hydrogen-bond donors (Lipinski definition) is 1. The van der Waals surface area contributed by atoms with Crippen molar-refractivity contribution < 1.29 is 4.79 Å². The zero-order valence-electron chi connectivity index (χ0n) is 13.4. The highest BCUT2D eigenvalue weighted by Gasteiger charge is 2.09. The molecule has 1 unspecified atom stereocenters. The van der Waals surface area contributed by atoms with E-state index in [0.29, 0.717) is 6.54 Å². The fraction of sp³-hybridized carbons (Fsp3) is 0.250. The number of fused-ring (bicyclic) bond motifs is 1. The summed E-state index contributed by atoms with van der Waals surface area (Å²) in [6, 6.07) is 20.7. The molecule has 1 aromatic heterocycles. The number of para-hydroxylation sites is 1. The number of aromatic nitrogens is 1. The van der Waals surface area contributed by atoms with Crippen molar-refractivity contribution in [3.63, 3.8) is 0 Å². The van der Waals surface area contributed by atoms with Crippen LogP contribution in [0.15, 0.2) is 66.9 Å². The van der Waals surface area contributed by atoms with E-state index >= 15 is 0 Å². The van der Waals surface area contributed by atoms with Crippen molar-refractivity contribution in [2.75, 3.05) is 0 Å². The molecule has 3 nitrogen and oxygen atoms in total. The lowest BCUT2D eigenvalue weighted by molar-refractivity contribution is -0.122. The third-order valence-corrected chi connectivity index (χ3v) is 4.11. The van der Waals surface area contributed by atoms with E-state index in [-0.39, 0.29) is 11.9 Å². The Kier molecular flexibility index (Phi) is 4.77. The quantitative estimate of drug-likeness (QED) is 0.739. The van der Waals surface area contributed by atoms with E-state index in [2.05, 4.69) is 42.6 Å². The maximum atomic E-state index is 12.2. The summed E-state index contributed by atoms with van der Waals surface area (Å²) in [6.45, 7) is 2.43. The van der Waals surface area contributed by atoms with Gasteiger partial charge >= 0.3 is 0 Å². The summed E-state index contributed by atoms with van der Waals surface area (Å²) in [6.07, 6.45) is 3.90. The summed E-state index contributed by atoms with van der Waals surface area (Å²) >= 11 is 0. The smallest absolute Gasteiger partial charge is 0.240 e. The molecule has 1 amide bonds. The third-order valence-electron chi connectivity index (χ3n) is 4.11. The van der Waals surface area contributed by atoms with Gasteiger partial charge in [-0.2, -0.15) is 0 Å². The molecular formula is C20H22N2O. The Labute approximate surface area is 136 Å². The van der Waals surface area contributed by atoms with Gasteiger partial charge < -0.3 is 9.88 Å². The lowest BCUT2D eigenvalue weighted by atomic mass is 10.1. The van der Waals surface area contributed by atoms with Crippen LogP contribution in [-0.4, -0.2) is 16.5 Å². The van der Waals surface area contributed by atoms with Crippen molar-refractivity contribution in [1.29, 1.82) is 0 Å². The van der Waals surface area contributed by atoms with Crippen LogP contribution in [0.5, 0.6) is 0 Å². The Morgan fingerprint density at radius 1 is 1.04 bits per heavy atom. The lowest BCUT2D eigenvalue weighted by Crippen LogP contribution is -2.35. The van der Waals surface area contributed by atoms with E-state index in [1.54, 1.807) is 0 Å². The second kappa shape index (κ2) is 7.14. The minimum absolute atomic E-state index is 0.0620. The van der Waals surface area contributed by atoms with Gasteiger partial charge in [-0.15, -0.1) is 0 Å². The molecule has 3 heteroatoms. The Balaban J connectivity index is 1.52. The standard InChI is InChI=1S/C20H22N2O/c1-16(11-12-17-7-3-2-4-8-17)21-20(23)15-22-14-13-18-9-5-6-10-19(18)22/h2-10,13-14,16H,11-12,15H2,1H3,(H,21,23). The highest BCUT2D eigenvalue weighted by Crippen LogP contribution is 2.14. The Bertz CT molecular complexity index is 776. The monoisotopic (exact) mass is 306 g/mol. The summed E-state index contributed by atoms with van der Waals surface area (Å²) in [4.78, 5) is 12.2. The van der Waals surface area contributed by atoms with Gasteiger partial charge in [-0.05, 0) is 42.8 Å². The maximum Gasteiger partial charge on any atom is 0.240 e. The Hall–Kier alpha value is -2.55. The highest BCUT2D eigenvalue weighted by atomic mass is 16.2. The number of hydrogen-bond acceptors (Lipinski definition) is 1. The number of nitrogens with one attached hydrogen (secondary N) is 1. The van der Waals surface area contributed by atoms with Gasteiger partial charge in [0.25, 0.3) is 0 Å². The molecule has 3 rings (SSSR count). The molecule has 2 aromatic carbocycles. The van der Waals surface area contributed by atoms with Crippen LogP contribution in [0.25, 0.3) is 10.9 Å². The minimum Gasteiger partial charge on any atom is -0.352 e. The minimum atomic E-state index is 0.0620. The van der Waals surface area contributed by atoms with Crippen molar-refractivity contribution in [3.05, 3.63) is 72.4 Å². The van der Waals surface area contributed by atoms with Gasteiger partial charge in [-0.1, -0.05) is 48.5 Å². The Morgan fingerprint density at radius 3 is 2.61 bits per heavy atom. The average molecular weight is 306 g/mol. The summed E-state index contributed by atoms with van der Waals surface area (Å²) in [7, 11) is 0. The number of rotatable bonds is 6. The van der Waals surface area contributed by atoms with E-state index in [1.807, 2.05) is 41.1 Å². The molecule has 0 bridgehead atoms. The normalized spacial score (nSPS) is 12.2. The molecule has 0 spiro atoms. The number of benzene rings is 2. The highest BCUT2D eigenvalue weighted by molar-refractivity contribution is 5.83. The average Bonchev–Trinajstić information content (AvgIpc) is 2.97. The van der Waals surface area contributed by atoms with Crippen LogP contribution in [0.2, 0.25) is 0 Å². The van der Waals surface area contributed by atoms with Crippen LogP contribution in [0, 0.1) is 0 Å². The first-order valence-electron chi connectivity index (χ1n) is 8.09. The molecule has 0 radical (unpaired) electrons. The van der Waals surface area contributed by atoms with Crippen LogP contribution in [0.3, 0.4) is 0 Å². The first kappa shape index (κ1) is 15.3. The number of amides is 1. The first-order chi connectivity index (χ1) is 11.2. The SMILES string of the molecule is CC(CCc1ccccc1)NC(=O)Cn1ccc2ccccc21. The number of nitrogens with zero attached hydrogens (tertiary/aromatic N) is 1. The van der Waals surface area contributed by atoms with Gasteiger partial charge in [0.2, 0.25) is 5.91 Å². The maximum absolute atomic E-state index is 12.2. The summed E-state index contributed by atoms with van der Waals surface area (Å²) in [5.41, 5.74) is 2.41. The largest absolute Gasteiger partial charge is 0.352 e. The molecule has 1 heterocycles. The number of carbonyl (C=O) groups excluding carboxylic acids is 1. The van der Waals surface area contributed by atoms with Crippen molar-refractivity contribution >= 4 is 16.8 Å². The van der Waals surface area contributed by atoms with E-state index in [1.165, 1.54) is 5.56 Å². The molecule has 0 aliphatic heterocycles. The van der Waals surface area contributed by atoms with Crippen LogP contribution in [0.1, 0.15) is 18.9 Å². The molecule has 0 aliphatic carbocycles. The van der Waals surface area contributed by atoms with E-state index in [0.717, 1.165) is 23.7 Å². The summed E-state index contributed by atoms with van der Waals surface area (Å²) in [5.74, 6) is 0.0620. The van der Waals surface area contributed by atoms with Crippen LogP contribution >= 0.6 is 0 Å². The zero-order valence-corrected chi connectivity index (χ0v) is 13.4. The van der Waals surface area contributed by atoms with E-state index in [9.17, 15) is 4.79 Å². The second-order valence-corrected chi connectivity index (χ2v) is 6.00. The van der Waals surface area contributed by atoms with Crippen molar-refractivity contribution in [2.45, 2.75) is 32.4 Å². The van der Waals surface area contributed by atoms with Gasteiger partial charge in [0.15, 0.2) is 0 Å². The van der Waals surface area contributed by atoms with Crippen molar-refractivity contribution in [1.82, 2.24) is 9.88 Å². The van der Waals surface area contributed by atoms with Gasteiger partial charge in [-0.25, -0.2) is 0 Å². The molecular weight excluding hydrogens is 284 g/mol. The molecule has 23 heavy (non-hydrogen) atoms. The van der Waals surface area contributed by atoms with Crippen molar-refractivity contribution in [3.8, 4) is 0 Å². The van der Waals surface area contributed by atoms with E-state index < -0.39 is 0 Å². The zero-order chi connectivity index (χ0) is 16.1. The summed E-state index contributed by atoms with van der Waals surface area (Å²) in [5, 5.41) is 4.26. The topological polar surface area (TPSA) is 34.0 Å². The lowest BCUT2D eigenvalue weighted by Gasteiger charge is -2.14. The molecule has 0 fully saturated rings. The second-order valence-electron chi connectivity index (χ2n) is 6.00. The number of carbonyl (C=O) groups is 1. The fourth-order valence-corrected chi connectivity index (χ4v) is 2.85. The van der Waals surface area contributed by atoms with Crippen LogP contribution < -0.4 is 5.32 Å². The van der Waals surface area contributed by atoms with Gasteiger partial charge in [0, 0.05) is 17.8 Å². The molecule has 1 N–H and O–H groups in total. The molecule has 0 aliphatic rings. The van der Waals surface area contributed by atoms with Gasteiger partial charge in [0.05, 0.1) is 0 Å². The number of aryl methyl sites for hydroxylation is 1. The van der Waals surface area contributed by atoms with Crippen molar-refractivity contribution in [2.24, 2.45) is 0 Å². The first-order valence-corrected chi connectivity index (χ1v) is 8.09. The molecule has 0 saturated carbocycles.